The lowest BCUT2D eigenvalue weighted by molar-refractivity contribution is -0.134. The Morgan fingerprint density at radius 3 is 2.78 bits per heavy atom. The highest BCUT2D eigenvalue weighted by Crippen LogP contribution is 2.30. The summed E-state index contributed by atoms with van der Waals surface area (Å²) in [5, 5.41) is 3.36. The monoisotopic (exact) mass is 372 g/mol. The third-order valence-electron chi connectivity index (χ3n) is 4.68. The van der Waals surface area contributed by atoms with Gasteiger partial charge >= 0.3 is 0 Å². The number of para-hydroxylation sites is 1. The number of methoxy groups -OCH3 is 1. The van der Waals surface area contributed by atoms with Crippen molar-refractivity contribution < 1.29 is 18.7 Å². The van der Waals surface area contributed by atoms with Crippen molar-refractivity contribution >= 4 is 5.91 Å². The average molecular weight is 372 g/mol. The molecule has 1 heterocycles. The van der Waals surface area contributed by atoms with Gasteiger partial charge in [0.25, 0.3) is 0 Å². The Kier molecular flexibility index (Phi) is 6.65. The predicted molar refractivity (Wildman–Crippen MR) is 101 cm³/mol. The molecule has 0 radical (unpaired) electrons. The van der Waals surface area contributed by atoms with Crippen LogP contribution in [0.2, 0.25) is 0 Å². The fourth-order valence-electron chi connectivity index (χ4n) is 3.31. The van der Waals surface area contributed by atoms with Crippen LogP contribution in [0.25, 0.3) is 0 Å². The number of hydrogen-bond acceptors (Lipinski definition) is 4. The van der Waals surface area contributed by atoms with Crippen molar-refractivity contribution in [2.24, 2.45) is 0 Å². The highest BCUT2D eigenvalue weighted by Gasteiger charge is 2.29. The van der Waals surface area contributed by atoms with Crippen LogP contribution in [0.1, 0.15) is 24.4 Å². The van der Waals surface area contributed by atoms with Crippen LogP contribution >= 0.6 is 0 Å². The zero-order chi connectivity index (χ0) is 19.1. The van der Waals surface area contributed by atoms with Gasteiger partial charge in [0.2, 0.25) is 5.91 Å². The molecule has 6 heteroatoms. The van der Waals surface area contributed by atoms with E-state index in [0.29, 0.717) is 38.3 Å². The van der Waals surface area contributed by atoms with E-state index < -0.39 is 0 Å². The summed E-state index contributed by atoms with van der Waals surface area (Å²) in [7, 11) is 1.65. The van der Waals surface area contributed by atoms with Gasteiger partial charge in [0.05, 0.1) is 19.8 Å². The molecule has 1 amide bonds. The molecule has 1 saturated heterocycles. The topological polar surface area (TPSA) is 50.8 Å². The maximum atomic E-state index is 12.9. The van der Waals surface area contributed by atoms with Crippen LogP contribution < -0.4 is 14.8 Å². The first-order valence-electron chi connectivity index (χ1n) is 9.20. The summed E-state index contributed by atoms with van der Waals surface area (Å²) < 4.78 is 23.9. The van der Waals surface area contributed by atoms with Crippen LogP contribution in [0.5, 0.6) is 11.5 Å². The summed E-state index contributed by atoms with van der Waals surface area (Å²) in [5.74, 6) is 1.22. The van der Waals surface area contributed by atoms with E-state index in [0.717, 1.165) is 17.9 Å². The lowest BCUT2D eigenvalue weighted by Crippen LogP contribution is -2.48. The SMILES string of the molecule is COc1ccccc1C1CNCCN1C(=O)CCCOc1ccc(F)cc1. The molecule has 1 N–H and O–H groups in total. The van der Waals surface area contributed by atoms with Crippen LogP contribution in [-0.2, 0) is 4.79 Å². The summed E-state index contributed by atoms with van der Waals surface area (Å²) in [6.45, 7) is 2.57. The maximum absolute atomic E-state index is 12.9. The largest absolute Gasteiger partial charge is 0.496 e. The van der Waals surface area contributed by atoms with Crippen molar-refractivity contribution in [3.05, 3.63) is 59.9 Å². The van der Waals surface area contributed by atoms with Gasteiger partial charge in [-0.3, -0.25) is 4.79 Å². The van der Waals surface area contributed by atoms with E-state index >= 15 is 0 Å². The fraction of sp³-hybridized carbons (Fsp3) is 0.381. The van der Waals surface area contributed by atoms with Gasteiger partial charge in [0, 0.05) is 31.6 Å². The van der Waals surface area contributed by atoms with Crippen LogP contribution in [0.15, 0.2) is 48.5 Å². The molecule has 1 atom stereocenters. The van der Waals surface area contributed by atoms with Crippen molar-refractivity contribution in [2.45, 2.75) is 18.9 Å². The number of amides is 1. The van der Waals surface area contributed by atoms with E-state index in [1.807, 2.05) is 29.2 Å². The smallest absolute Gasteiger partial charge is 0.223 e. The molecular weight excluding hydrogens is 347 g/mol. The van der Waals surface area contributed by atoms with Crippen molar-refractivity contribution in [3.8, 4) is 11.5 Å². The number of nitrogens with one attached hydrogen (secondary N) is 1. The minimum atomic E-state index is -0.293. The van der Waals surface area contributed by atoms with Crippen molar-refractivity contribution in [1.82, 2.24) is 10.2 Å². The number of rotatable bonds is 7. The normalized spacial score (nSPS) is 16.8. The average Bonchev–Trinajstić information content (AvgIpc) is 2.72. The molecule has 2 aromatic rings. The van der Waals surface area contributed by atoms with Crippen LogP contribution in [0.4, 0.5) is 4.39 Å². The van der Waals surface area contributed by atoms with Crippen molar-refractivity contribution in [2.75, 3.05) is 33.4 Å². The van der Waals surface area contributed by atoms with Gasteiger partial charge < -0.3 is 19.7 Å². The van der Waals surface area contributed by atoms with Gasteiger partial charge in [-0.15, -0.1) is 0 Å². The molecule has 0 spiro atoms. The number of ether oxygens (including phenoxy) is 2. The number of piperazine rings is 1. The Bertz CT molecular complexity index is 751. The Hall–Kier alpha value is -2.60. The molecule has 0 bridgehead atoms. The minimum absolute atomic E-state index is 0.0413. The summed E-state index contributed by atoms with van der Waals surface area (Å²) in [6.07, 6.45) is 1.02. The quantitative estimate of drug-likeness (QED) is 0.759. The number of hydrogen-bond donors (Lipinski definition) is 1. The highest BCUT2D eigenvalue weighted by molar-refractivity contribution is 5.77. The Labute approximate surface area is 159 Å². The van der Waals surface area contributed by atoms with Gasteiger partial charge in [-0.2, -0.15) is 0 Å². The van der Waals surface area contributed by atoms with Gasteiger partial charge in [-0.1, -0.05) is 18.2 Å². The first kappa shape index (κ1) is 19.2. The molecule has 3 rings (SSSR count). The van der Waals surface area contributed by atoms with Crippen molar-refractivity contribution in [3.63, 3.8) is 0 Å². The number of halogens is 1. The molecule has 1 aliphatic rings. The van der Waals surface area contributed by atoms with Crippen LogP contribution in [0, 0.1) is 5.82 Å². The first-order valence-corrected chi connectivity index (χ1v) is 9.20. The zero-order valence-electron chi connectivity index (χ0n) is 15.5. The zero-order valence-corrected chi connectivity index (χ0v) is 15.5. The molecule has 0 aromatic heterocycles. The Morgan fingerprint density at radius 1 is 1.22 bits per heavy atom. The van der Waals surface area contributed by atoms with Gasteiger partial charge in [0.1, 0.15) is 17.3 Å². The third kappa shape index (κ3) is 4.98. The van der Waals surface area contributed by atoms with Gasteiger partial charge in [-0.25, -0.2) is 4.39 Å². The standard InChI is InChI=1S/C21H25FN2O3/c1-26-20-6-3-2-5-18(20)19-15-23-12-13-24(19)21(25)7-4-14-27-17-10-8-16(22)9-11-17/h2-3,5-6,8-11,19,23H,4,7,12-15H2,1H3. The summed E-state index contributed by atoms with van der Waals surface area (Å²) in [6, 6.07) is 13.7. The highest BCUT2D eigenvalue weighted by atomic mass is 19.1. The number of nitrogens with zero attached hydrogens (tertiary/aromatic N) is 1. The van der Waals surface area contributed by atoms with E-state index in [9.17, 15) is 9.18 Å². The summed E-state index contributed by atoms with van der Waals surface area (Å²) in [5.41, 5.74) is 1.02. The molecular formula is C21H25FN2O3. The predicted octanol–water partition coefficient (Wildman–Crippen LogP) is 3.17. The second-order valence-corrected chi connectivity index (χ2v) is 6.45. The molecule has 0 saturated carbocycles. The van der Waals surface area contributed by atoms with Crippen LogP contribution in [0.3, 0.4) is 0 Å². The van der Waals surface area contributed by atoms with E-state index in [4.69, 9.17) is 9.47 Å². The molecule has 27 heavy (non-hydrogen) atoms. The van der Waals surface area contributed by atoms with E-state index in [2.05, 4.69) is 5.32 Å². The maximum Gasteiger partial charge on any atom is 0.223 e. The Balaban J connectivity index is 1.56. The summed E-state index contributed by atoms with van der Waals surface area (Å²) >= 11 is 0. The molecule has 1 fully saturated rings. The molecule has 1 aliphatic heterocycles. The van der Waals surface area contributed by atoms with E-state index in [1.165, 1.54) is 12.1 Å². The minimum Gasteiger partial charge on any atom is -0.496 e. The second kappa shape index (κ2) is 9.37. The Morgan fingerprint density at radius 2 is 2.00 bits per heavy atom. The van der Waals surface area contributed by atoms with E-state index in [1.54, 1.807) is 19.2 Å². The fourth-order valence-corrected chi connectivity index (χ4v) is 3.31. The molecule has 144 valence electrons. The van der Waals surface area contributed by atoms with Gasteiger partial charge in [0.15, 0.2) is 0 Å². The molecule has 0 aliphatic carbocycles. The third-order valence-corrected chi connectivity index (χ3v) is 4.68. The molecule has 2 aromatic carbocycles. The second-order valence-electron chi connectivity index (χ2n) is 6.45. The lowest BCUT2D eigenvalue weighted by Gasteiger charge is -2.37. The van der Waals surface area contributed by atoms with Gasteiger partial charge in [-0.05, 0) is 36.8 Å². The van der Waals surface area contributed by atoms with Crippen molar-refractivity contribution in [1.29, 1.82) is 0 Å². The number of benzene rings is 2. The van der Waals surface area contributed by atoms with Crippen LogP contribution in [-0.4, -0.2) is 44.2 Å². The first-order chi connectivity index (χ1) is 13.2. The number of carbonyl (C=O) groups excluding carboxylic acids is 1. The molecule has 5 nitrogen and oxygen atoms in total. The van der Waals surface area contributed by atoms with E-state index in [-0.39, 0.29) is 17.8 Å². The summed E-state index contributed by atoms with van der Waals surface area (Å²) in [4.78, 5) is 14.7. The number of carbonyl (C=O) groups is 1. The lowest BCUT2D eigenvalue weighted by atomic mass is 10.0. The molecule has 1 unspecified atom stereocenters.